The van der Waals surface area contributed by atoms with E-state index < -0.39 is 5.97 Å². The molecule has 20 heavy (non-hydrogen) atoms. The summed E-state index contributed by atoms with van der Waals surface area (Å²) in [7, 11) is 0. The van der Waals surface area contributed by atoms with Gasteiger partial charge in [-0.3, -0.25) is 4.79 Å². The van der Waals surface area contributed by atoms with Crippen LogP contribution in [0.5, 0.6) is 0 Å². The van der Waals surface area contributed by atoms with Gasteiger partial charge in [-0.25, -0.2) is 4.79 Å². The van der Waals surface area contributed by atoms with Gasteiger partial charge in [0.05, 0.1) is 12.0 Å². The molecular weight excluding hydrogens is 260 g/mol. The van der Waals surface area contributed by atoms with Crippen LogP contribution in [-0.4, -0.2) is 52.3 Å². The first-order chi connectivity index (χ1) is 9.40. The molecule has 1 heterocycles. The van der Waals surface area contributed by atoms with Crippen molar-refractivity contribution in [3.05, 3.63) is 0 Å². The second-order valence-corrected chi connectivity index (χ2v) is 5.74. The fourth-order valence-electron chi connectivity index (χ4n) is 2.30. The largest absolute Gasteiger partial charge is 0.481 e. The highest BCUT2D eigenvalue weighted by atomic mass is 16.4. The van der Waals surface area contributed by atoms with Crippen LogP contribution in [0.4, 0.5) is 4.79 Å². The predicted molar refractivity (Wildman–Crippen MR) is 75.5 cm³/mol. The van der Waals surface area contributed by atoms with Gasteiger partial charge in [-0.1, -0.05) is 13.3 Å². The maximum Gasteiger partial charge on any atom is 0.317 e. The number of carboxylic acids is 1. The molecule has 2 atom stereocenters. The summed E-state index contributed by atoms with van der Waals surface area (Å²) in [5.41, 5.74) is 0. The molecule has 1 saturated heterocycles. The molecule has 2 amide bonds. The van der Waals surface area contributed by atoms with E-state index >= 15 is 0 Å². The molecule has 0 spiro atoms. The number of amides is 2. The Hall–Kier alpha value is -1.30. The summed E-state index contributed by atoms with van der Waals surface area (Å²) in [6.45, 7) is 4.82. The molecule has 0 aromatic rings. The average Bonchev–Trinajstić information content (AvgIpc) is 2.39. The number of hydrogen-bond acceptors (Lipinski definition) is 3. The van der Waals surface area contributed by atoms with E-state index in [0.717, 1.165) is 12.8 Å². The van der Waals surface area contributed by atoms with Crippen molar-refractivity contribution in [3.63, 3.8) is 0 Å². The van der Waals surface area contributed by atoms with Crippen molar-refractivity contribution < 1.29 is 19.8 Å². The first-order valence-corrected chi connectivity index (χ1v) is 7.36. The van der Waals surface area contributed by atoms with Crippen LogP contribution >= 0.6 is 0 Å². The number of nitrogens with one attached hydrogen (secondary N) is 1. The number of likely N-dealkylation sites (tertiary alicyclic amines) is 1. The second kappa shape index (κ2) is 8.09. The molecule has 0 saturated carbocycles. The molecule has 2 unspecified atom stereocenters. The fourth-order valence-corrected chi connectivity index (χ4v) is 2.30. The van der Waals surface area contributed by atoms with Crippen molar-refractivity contribution in [2.45, 2.75) is 58.1 Å². The van der Waals surface area contributed by atoms with Crippen LogP contribution in [-0.2, 0) is 4.79 Å². The van der Waals surface area contributed by atoms with Gasteiger partial charge in [0, 0.05) is 19.1 Å². The topological polar surface area (TPSA) is 89.9 Å². The van der Waals surface area contributed by atoms with Gasteiger partial charge in [-0.15, -0.1) is 0 Å². The third kappa shape index (κ3) is 5.77. The standard InChI is InChI=1S/C14H26N2O4/c1-10(13(18)19)4-3-5-11(2)15-14(20)16-8-6-12(17)7-9-16/h10-12,17H,3-9H2,1-2H3,(H,15,20)(H,18,19). The first kappa shape index (κ1) is 16.8. The zero-order valence-electron chi connectivity index (χ0n) is 12.3. The van der Waals surface area contributed by atoms with E-state index in [0.29, 0.717) is 32.4 Å². The molecule has 0 aromatic heterocycles. The molecular formula is C14H26N2O4. The van der Waals surface area contributed by atoms with Gasteiger partial charge in [0.15, 0.2) is 0 Å². The number of carbonyl (C=O) groups excluding carboxylic acids is 1. The summed E-state index contributed by atoms with van der Waals surface area (Å²) in [5.74, 6) is -1.10. The van der Waals surface area contributed by atoms with Crippen molar-refractivity contribution in [2.75, 3.05) is 13.1 Å². The van der Waals surface area contributed by atoms with E-state index in [4.69, 9.17) is 5.11 Å². The lowest BCUT2D eigenvalue weighted by Crippen LogP contribution is -2.47. The lowest BCUT2D eigenvalue weighted by Gasteiger charge is -2.30. The SMILES string of the molecule is CC(CCCC(C)C(=O)O)NC(=O)N1CCC(O)CC1. The normalized spacial score (nSPS) is 19.4. The Labute approximate surface area is 120 Å². The molecule has 1 aliphatic rings. The number of aliphatic hydroxyl groups excluding tert-OH is 1. The number of urea groups is 1. The third-order valence-electron chi connectivity index (χ3n) is 3.82. The molecule has 6 heteroatoms. The lowest BCUT2D eigenvalue weighted by atomic mass is 10.0. The number of carbonyl (C=O) groups is 2. The van der Waals surface area contributed by atoms with Crippen molar-refractivity contribution in [3.8, 4) is 0 Å². The van der Waals surface area contributed by atoms with Crippen molar-refractivity contribution in [1.29, 1.82) is 0 Å². The number of nitrogens with zero attached hydrogens (tertiary/aromatic N) is 1. The van der Waals surface area contributed by atoms with Crippen molar-refractivity contribution >= 4 is 12.0 Å². The van der Waals surface area contributed by atoms with E-state index in [9.17, 15) is 14.7 Å². The van der Waals surface area contributed by atoms with Gasteiger partial charge < -0.3 is 20.4 Å². The highest BCUT2D eigenvalue weighted by Gasteiger charge is 2.22. The summed E-state index contributed by atoms with van der Waals surface area (Å²) >= 11 is 0. The second-order valence-electron chi connectivity index (χ2n) is 5.74. The Kier molecular flexibility index (Phi) is 6.78. The quantitative estimate of drug-likeness (QED) is 0.689. The Balaban J connectivity index is 2.19. The van der Waals surface area contributed by atoms with Gasteiger partial charge in [-0.05, 0) is 32.6 Å². The number of aliphatic carboxylic acids is 1. The van der Waals surface area contributed by atoms with Crippen molar-refractivity contribution in [1.82, 2.24) is 10.2 Å². The van der Waals surface area contributed by atoms with Gasteiger partial charge in [0.2, 0.25) is 0 Å². The van der Waals surface area contributed by atoms with Gasteiger partial charge in [0.1, 0.15) is 0 Å². The molecule has 1 aliphatic heterocycles. The Morgan fingerprint density at radius 3 is 2.40 bits per heavy atom. The minimum absolute atomic E-state index is 0.0374. The lowest BCUT2D eigenvalue weighted by molar-refractivity contribution is -0.141. The van der Waals surface area contributed by atoms with E-state index in [-0.39, 0.29) is 24.1 Å². The number of rotatable bonds is 6. The maximum atomic E-state index is 12.0. The molecule has 6 nitrogen and oxygen atoms in total. The summed E-state index contributed by atoms with van der Waals surface area (Å²) in [5, 5.41) is 21.1. The summed E-state index contributed by atoms with van der Waals surface area (Å²) in [6, 6.07) is -0.0500. The third-order valence-corrected chi connectivity index (χ3v) is 3.82. The molecule has 116 valence electrons. The van der Waals surface area contributed by atoms with Gasteiger partial charge in [0.25, 0.3) is 0 Å². The van der Waals surface area contributed by atoms with Crippen LogP contribution in [0.25, 0.3) is 0 Å². The molecule has 1 rings (SSSR count). The van der Waals surface area contributed by atoms with Gasteiger partial charge in [-0.2, -0.15) is 0 Å². The van der Waals surface area contributed by atoms with Crippen LogP contribution in [0.1, 0.15) is 46.0 Å². The highest BCUT2D eigenvalue weighted by molar-refractivity contribution is 5.74. The predicted octanol–water partition coefficient (Wildman–Crippen LogP) is 1.43. The Bertz CT molecular complexity index is 327. The van der Waals surface area contributed by atoms with E-state index in [2.05, 4.69) is 5.32 Å². The first-order valence-electron chi connectivity index (χ1n) is 7.36. The van der Waals surface area contributed by atoms with E-state index in [1.165, 1.54) is 0 Å². The molecule has 1 fully saturated rings. The molecule has 0 aliphatic carbocycles. The summed E-state index contributed by atoms with van der Waals surface area (Å²) in [4.78, 5) is 24.4. The average molecular weight is 286 g/mol. The smallest absolute Gasteiger partial charge is 0.317 e. The molecule has 3 N–H and O–H groups in total. The number of carboxylic acid groups (broad SMARTS) is 1. The van der Waals surface area contributed by atoms with E-state index in [1.54, 1.807) is 11.8 Å². The van der Waals surface area contributed by atoms with Crippen LogP contribution in [0.15, 0.2) is 0 Å². The van der Waals surface area contributed by atoms with Crippen molar-refractivity contribution in [2.24, 2.45) is 5.92 Å². The zero-order chi connectivity index (χ0) is 15.1. The molecule has 0 bridgehead atoms. The van der Waals surface area contributed by atoms with Crippen LogP contribution < -0.4 is 5.32 Å². The molecule has 0 aromatic carbocycles. The summed E-state index contributed by atoms with van der Waals surface area (Å²) in [6.07, 6.45) is 3.18. The molecule has 0 radical (unpaired) electrons. The Morgan fingerprint density at radius 1 is 1.25 bits per heavy atom. The van der Waals surface area contributed by atoms with Crippen LogP contribution in [0, 0.1) is 5.92 Å². The van der Waals surface area contributed by atoms with Gasteiger partial charge >= 0.3 is 12.0 Å². The van der Waals surface area contributed by atoms with Crippen LogP contribution in [0.3, 0.4) is 0 Å². The minimum atomic E-state index is -0.770. The van der Waals surface area contributed by atoms with Crippen LogP contribution in [0.2, 0.25) is 0 Å². The minimum Gasteiger partial charge on any atom is -0.481 e. The summed E-state index contributed by atoms with van der Waals surface area (Å²) < 4.78 is 0. The van der Waals surface area contributed by atoms with E-state index in [1.807, 2.05) is 6.92 Å². The highest BCUT2D eigenvalue weighted by Crippen LogP contribution is 2.12. The number of piperidine rings is 1. The monoisotopic (exact) mass is 286 g/mol. The number of aliphatic hydroxyl groups is 1. The zero-order valence-corrected chi connectivity index (χ0v) is 12.3. The maximum absolute atomic E-state index is 12.0. The Morgan fingerprint density at radius 2 is 1.85 bits per heavy atom. The fraction of sp³-hybridized carbons (Fsp3) is 0.857. The number of hydrogen-bond donors (Lipinski definition) is 3.